The lowest BCUT2D eigenvalue weighted by Crippen LogP contribution is -2.23. The number of anilines is 3. The summed E-state index contributed by atoms with van der Waals surface area (Å²) in [6.07, 6.45) is 8.18. The molecule has 0 saturated carbocycles. The average molecular weight is 368 g/mol. The van der Waals surface area contributed by atoms with E-state index in [-0.39, 0.29) is 24.3 Å². The van der Waals surface area contributed by atoms with Crippen LogP contribution in [0.25, 0.3) is 6.08 Å². The molecule has 142 valence electrons. The first-order chi connectivity index (χ1) is 13.1. The minimum absolute atomic E-state index is 0.00594. The SMILES string of the molecule is Nc1nc(N)nc(COC(=O)/C=C/c2ccc(N3CCCCCC3)cc2)n1. The van der Waals surface area contributed by atoms with Crippen molar-refractivity contribution in [2.75, 3.05) is 29.5 Å². The first-order valence-electron chi connectivity index (χ1n) is 9.06. The smallest absolute Gasteiger partial charge is 0.331 e. The van der Waals surface area contributed by atoms with Crippen LogP contribution < -0.4 is 16.4 Å². The van der Waals surface area contributed by atoms with E-state index in [1.165, 1.54) is 37.4 Å². The normalized spacial score (nSPS) is 14.9. The van der Waals surface area contributed by atoms with Gasteiger partial charge in [0.1, 0.15) is 0 Å². The molecule has 27 heavy (non-hydrogen) atoms. The Bertz CT molecular complexity index is 778. The maximum atomic E-state index is 11.9. The number of aromatic nitrogens is 3. The molecule has 4 N–H and O–H groups in total. The van der Waals surface area contributed by atoms with Gasteiger partial charge < -0.3 is 21.1 Å². The molecule has 2 aromatic rings. The maximum Gasteiger partial charge on any atom is 0.331 e. The van der Waals surface area contributed by atoms with E-state index in [2.05, 4.69) is 32.0 Å². The van der Waals surface area contributed by atoms with Crippen molar-refractivity contribution < 1.29 is 9.53 Å². The number of nitrogens with two attached hydrogens (primary N) is 2. The average Bonchev–Trinajstić information content (AvgIpc) is 2.94. The fourth-order valence-corrected chi connectivity index (χ4v) is 2.99. The summed E-state index contributed by atoms with van der Waals surface area (Å²) in [6, 6.07) is 8.17. The van der Waals surface area contributed by atoms with Gasteiger partial charge >= 0.3 is 5.97 Å². The molecule has 2 heterocycles. The highest BCUT2D eigenvalue weighted by Gasteiger charge is 2.09. The van der Waals surface area contributed by atoms with Crippen LogP contribution in [0.15, 0.2) is 30.3 Å². The first kappa shape index (κ1) is 18.6. The van der Waals surface area contributed by atoms with Crippen molar-refractivity contribution in [2.45, 2.75) is 32.3 Å². The molecule has 0 aliphatic carbocycles. The van der Waals surface area contributed by atoms with Crippen LogP contribution in [0, 0.1) is 0 Å². The molecule has 8 heteroatoms. The maximum absolute atomic E-state index is 11.9. The van der Waals surface area contributed by atoms with Gasteiger partial charge in [0.15, 0.2) is 12.4 Å². The van der Waals surface area contributed by atoms with Crippen molar-refractivity contribution in [2.24, 2.45) is 0 Å². The summed E-state index contributed by atoms with van der Waals surface area (Å²) < 4.78 is 5.09. The molecule has 1 aliphatic heterocycles. The van der Waals surface area contributed by atoms with E-state index in [4.69, 9.17) is 16.2 Å². The van der Waals surface area contributed by atoms with Crippen LogP contribution >= 0.6 is 0 Å². The second kappa shape index (κ2) is 8.98. The Hall–Kier alpha value is -3.16. The van der Waals surface area contributed by atoms with Crippen molar-refractivity contribution in [1.29, 1.82) is 0 Å². The molecule has 0 spiro atoms. The molecule has 0 amide bonds. The Balaban J connectivity index is 1.53. The highest BCUT2D eigenvalue weighted by Crippen LogP contribution is 2.20. The fourth-order valence-electron chi connectivity index (χ4n) is 2.99. The molecule has 0 unspecified atom stereocenters. The third-order valence-electron chi connectivity index (χ3n) is 4.34. The number of rotatable bonds is 5. The van der Waals surface area contributed by atoms with Crippen molar-refractivity contribution in [3.05, 3.63) is 41.7 Å². The summed E-state index contributed by atoms with van der Waals surface area (Å²) in [6.45, 7) is 2.09. The summed E-state index contributed by atoms with van der Waals surface area (Å²) in [4.78, 5) is 25.6. The number of hydrogen-bond donors (Lipinski definition) is 2. The largest absolute Gasteiger partial charge is 0.454 e. The van der Waals surface area contributed by atoms with E-state index >= 15 is 0 Å². The van der Waals surface area contributed by atoms with Gasteiger partial charge in [0.05, 0.1) is 0 Å². The number of carbonyl (C=O) groups excluding carboxylic acids is 1. The summed E-state index contributed by atoms with van der Waals surface area (Å²) in [7, 11) is 0. The summed E-state index contributed by atoms with van der Waals surface area (Å²) >= 11 is 0. The molecule has 1 aromatic carbocycles. The Labute approximate surface area is 158 Å². The Kier molecular flexibility index (Phi) is 6.19. The lowest BCUT2D eigenvalue weighted by molar-refractivity contribution is -0.139. The standard InChI is InChI=1S/C19H24N6O2/c20-18-22-16(23-19(21)24-18)13-27-17(26)10-7-14-5-8-15(9-6-14)25-11-3-1-2-4-12-25/h5-10H,1-4,11-13H2,(H4,20,21,22,23,24)/b10-7+. The van der Waals surface area contributed by atoms with Gasteiger partial charge in [-0.05, 0) is 36.6 Å². The van der Waals surface area contributed by atoms with E-state index < -0.39 is 5.97 Å². The van der Waals surface area contributed by atoms with Gasteiger partial charge in [0.25, 0.3) is 0 Å². The van der Waals surface area contributed by atoms with E-state index in [9.17, 15) is 4.79 Å². The molecule has 8 nitrogen and oxygen atoms in total. The Morgan fingerprint density at radius 2 is 1.63 bits per heavy atom. The molecule has 0 bridgehead atoms. The molecule has 0 atom stereocenters. The van der Waals surface area contributed by atoms with Gasteiger partial charge in [0.2, 0.25) is 11.9 Å². The van der Waals surface area contributed by atoms with Gasteiger partial charge in [-0.3, -0.25) is 0 Å². The minimum Gasteiger partial charge on any atom is -0.454 e. The van der Waals surface area contributed by atoms with Crippen LogP contribution in [0.3, 0.4) is 0 Å². The lowest BCUT2D eigenvalue weighted by Gasteiger charge is -2.22. The Morgan fingerprint density at radius 3 is 2.26 bits per heavy atom. The van der Waals surface area contributed by atoms with Crippen LogP contribution in [0.5, 0.6) is 0 Å². The highest BCUT2D eigenvalue weighted by molar-refractivity contribution is 5.87. The minimum atomic E-state index is -0.496. The second-order valence-electron chi connectivity index (χ2n) is 6.40. The Morgan fingerprint density at radius 1 is 1.00 bits per heavy atom. The van der Waals surface area contributed by atoms with Gasteiger partial charge in [-0.2, -0.15) is 15.0 Å². The van der Waals surface area contributed by atoms with Crippen LogP contribution in [0.4, 0.5) is 17.6 Å². The van der Waals surface area contributed by atoms with E-state index in [0.29, 0.717) is 0 Å². The van der Waals surface area contributed by atoms with Crippen LogP contribution in [0.2, 0.25) is 0 Å². The predicted octanol–water partition coefficient (Wildman–Crippen LogP) is 2.17. The molecule has 1 saturated heterocycles. The predicted molar refractivity (Wildman–Crippen MR) is 105 cm³/mol. The molecule has 1 fully saturated rings. The number of esters is 1. The van der Waals surface area contributed by atoms with E-state index in [1.807, 2.05) is 12.1 Å². The second-order valence-corrected chi connectivity index (χ2v) is 6.40. The van der Waals surface area contributed by atoms with Gasteiger partial charge in [-0.25, -0.2) is 4.79 Å². The van der Waals surface area contributed by atoms with E-state index in [1.54, 1.807) is 6.08 Å². The van der Waals surface area contributed by atoms with Crippen LogP contribution in [-0.2, 0) is 16.1 Å². The molecular formula is C19H24N6O2. The van der Waals surface area contributed by atoms with Crippen molar-refractivity contribution in [3.8, 4) is 0 Å². The summed E-state index contributed by atoms with van der Waals surface area (Å²) in [5.74, 6) is -0.296. The van der Waals surface area contributed by atoms with Crippen molar-refractivity contribution in [3.63, 3.8) is 0 Å². The first-order valence-corrected chi connectivity index (χ1v) is 9.06. The topological polar surface area (TPSA) is 120 Å². The summed E-state index contributed by atoms with van der Waals surface area (Å²) in [5, 5.41) is 0. The molecule has 0 radical (unpaired) electrons. The quantitative estimate of drug-likeness (QED) is 0.608. The fraction of sp³-hybridized carbons (Fsp3) is 0.368. The molecule has 3 rings (SSSR count). The molecule has 1 aliphatic rings. The number of hydrogen-bond acceptors (Lipinski definition) is 8. The zero-order valence-corrected chi connectivity index (χ0v) is 15.2. The number of benzene rings is 1. The van der Waals surface area contributed by atoms with Gasteiger partial charge in [0, 0.05) is 24.9 Å². The van der Waals surface area contributed by atoms with E-state index in [0.717, 1.165) is 18.7 Å². The summed E-state index contributed by atoms with van der Waals surface area (Å²) in [5.41, 5.74) is 13.1. The highest BCUT2D eigenvalue weighted by atomic mass is 16.5. The third-order valence-corrected chi connectivity index (χ3v) is 4.34. The molecule has 1 aromatic heterocycles. The lowest BCUT2D eigenvalue weighted by atomic mass is 10.1. The zero-order valence-electron chi connectivity index (χ0n) is 15.2. The zero-order chi connectivity index (χ0) is 19.1. The van der Waals surface area contributed by atoms with Crippen molar-refractivity contribution >= 4 is 29.6 Å². The third kappa shape index (κ3) is 5.67. The van der Waals surface area contributed by atoms with Crippen LogP contribution in [-0.4, -0.2) is 34.0 Å². The number of ether oxygens (including phenoxy) is 1. The molecular weight excluding hydrogens is 344 g/mol. The number of nitrogens with zero attached hydrogens (tertiary/aromatic N) is 4. The number of nitrogen functional groups attached to an aromatic ring is 2. The van der Waals surface area contributed by atoms with Crippen molar-refractivity contribution in [1.82, 2.24) is 15.0 Å². The van der Waals surface area contributed by atoms with Gasteiger partial charge in [-0.1, -0.05) is 25.0 Å². The monoisotopic (exact) mass is 368 g/mol. The van der Waals surface area contributed by atoms with Crippen LogP contribution in [0.1, 0.15) is 37.1 Å². The number of carbonyl (C=O) groups is 1. The van der Waals surface area contributed by atoms with Gasteiger partial charge in [-0.15, -0.1) is 0 Å².